The van der Waals surface area contributed by atoms with Crippen molar-refractivity contribution in [2.24, 2.45) is 0 Å². The van der Waals surface area contributed by atoms with Crippen molar-refractivity contribution in [1.29, 1.82) is 5.26 Å². The van der Waals surface area contributed by atoms with Crippen molar-refractivity contribution in [2.45, 2.75) is 36.6 Å². The topological polar surface area (TPSA) is 95.9 Å². The van der Waals surface area contributed by atoms with Gasteiger partial charge in [0.1, 0.15) is 17.5 Å². The standard InChI is InChI=1S/C20H21N5OS/c1-12(27-19-23-11-13(10-21)18(22)24-19)16(26)9-17-20(2,3)14-7-5-6-8-15(14)25(17)4/h5-9,11-12H,1-4H3,(H2,22,23,24)/b17-9+. The smallest absolute Gasteiger partial charge is 0.190 e. The van der Waals surface area contributed by atoms with Gasteiger partial charge in [-0.3, -0.25) is 4.79 Å². The first-order valence-electron chi connectivity index (χ1n) is 8.54. The summed E-state index contributed by atoms with van der Waals surface area (Å²) in [6.07, 6.45) is 3.09. The molecule has 0 saturated heterocycles. The predicted octanol–water partition coefficient (Wildman–Crippen LogP) is 3.29. The number of nitrogens with zero attached hydrogens (tertiary/aromatic N) is 4. The summed E-state index contributed by atoms with van der Waals surface area (Å²) in [6, 6.07) is 10.1. The molecule has 0 spiro atoms. The second kappa shape index (κ2) is 7.05. The number of allylic oxidation sites excluding steroid dienone is 2. The molecule has 1 aromatic carbocycles. The van der Waals surface area contributed by atoms with Crippen LogP contribution in [-0.4, -0.2) is 28.0 Å². The number of hydrogen-bond acceptors (Lipinski definition) is 7. The van der Waals surface area contributed by atoms with E-state index >= 15 is 0 Å². The van der Waals surface area contributed by atoms with Crippen molar-refractivity contribution in [3.63, 3.8) is 0 Å². The third-order valence-electron chi connectivity index (χ3n) is 4.82. The van der Waals surface area contributed by atoms with Crippen LogP contribution in [0.3, 0.4) is 0 Å². The molecule has 7 heteroatoms. The molecule has 2 heterocycles. The van der Waals surface area contributed by atoms with Crippen LogP contribution in [0.1, 0.15) is 31.9 Å². The lowest BCUT2D eigenvalue weighted by Gasteiger charge is -2.24. The molecule has 27 heavy (non-hydrogen) atoms. The van der Waals surface area contributed by atoms with Gasteiger partial charge in [0.05, 0.1) is 11.4 Å². The molecule has 1 aliphatic rings. The van der Waals surface area contributed by atoms with Crippen LogP contribution in [0.15, 0.2) is 47.4 Å². The highest BCUT2D eigenvalue weighted by molar-refractivity contribution is 8.00. The van der Waals surface area contributed by atoms with Crippen LogP contribution in [0.4, 0.5) is 11.5 Å². The molecule has 0 fully saturated rings. The Hall–Kier alpha value is -2.85. The van der Waals surface area contributed by atoms with Gasteiger partial charge in [0.25, 0.3) is 0 Å². The van der Waals surface area contributed by atoms with Gasteiger partial charge in [-0.05, 0) is 18.6 Å². The number of anilines is 2. The summed E-state index contributed by atoms with van der Waals surface area (Å²) in [5.41, 5.74) is 8.99. The second-order valence-corrected chi connectivity index (χ2v) is 8.26. The Morgan fingerprint density at radius 3 is 2.74 bits per heavy atom. The number of nitriles is 1. The Morgan fingerprint density at radius 2 is 2.11 bits per heavy atom. The van der Waals surface area contributed by atoms with Crippen molar-refractivity contribution < 1.29 is 4.79 Å². The summed E-state index contributed by atoms with van der Waals surface area (Å²) in [5.74, 6) is 0.106. The molecule has 0 aliphatic carbocycles. The number of nitrogen functional groups attached to an aromatic ring is 1. The number of rotatable bonds is 4. The van der Waals surface area contributed by atoms with E-state index in [9.17, 15) is 4.79 Å². The number of thioether (sulfide) groups is 1. The quantitative estimate of drug-likeness (QED) is 0.495. The van der Waals surface area contributed by atoms with Gasteiger partial charge in [0.15, 0.2) is 10.9 Å². The minimum atomic E-state index is -0.377. The van der Waals surface area contributed by atoms with Crippen LogP contribution >= 0.6 is 11.8 Å². The number of ketones is 1. The lowest BCUT2D eigenvalue weighted by Crippen LogP contribution is -2.25. The van der Waals surface area contributed by atoms with E-state index in [0.29, 0.717) is 5.16 Å². The van der Waals surface area contributed by atoms with Gasteiger partial charge >= 0.3 is 0 Å². The van der Waals surface area contributed by atoms with Gasteiger partial charge in [-0.2, -0.15) is 5.26 Å². The maximum absolute atomic E-state index is 12.8. The zero-order chi connectivity index (χ0) is 19.8. The Balaban J connectivity index is 1.82. The van der Waals surface area contributed by atoms with Gasteiger partial charge in [0, 0.05) is 29.9 Å². The molecule has 1 unspecified atom stereocenters. The number of likely N-dealkylation sites (N-methyl/N-ethyl adjacent to an activating group) is 1. The molecule has 0 radical (unpaired) electrons. The molecular weight excluding hydrogens is 358 g/mol. The summed E-state index contributed by atoms with van der Waals surface area (Å²) in [5, 5.41) is 8.91. The van der Waals surface area contributed by atoms with Gasteiger partial charge < -0.3 is 10.6 Å². The Bertz CT molecular complexity index is 977. The molecule has 0 saturated carbocycles. The summed E-state index contributed by atoms with van der Waals surface area (Å²) < 4.78 is 0. The molecule has 3 rings (SSSR count). The first kappa shape index (κ1) is 18.9. The molecule has 1 aromatic heterocycles. The number of carbonyl (C=O) groups excluding carboxylic acids is 1. The fourth-order valence-corrected chi connectivity index (χ4v) is 4.01. The Morgan fingerprint density at radius 1 is 1.41 bits per heavy atom. The maximum atomic E-state index is 12.8. The molecule has 2 aromatic rings. The third kappa shape index (κ3) is 3.40. The summed E-state index contributed by atoms with van der Waals surface area (Å²) in [4.78, 5) is 23.1. The van der Waals surface area contributed by atoms with Crippen molar-refractivity contribution in [2.75, 3.05) is 17.7 Å². The number of nitrogens with two attached hydrogens (primary N) is 1. The van der Waals surface area contributed by atoms with Crippen LogP contribution in [-0.2, 0) is 10.2 Å². The Kier molecular flexibility index (Phi) is 4.94. The normalized spacial score (nSPS) is 17.4. The predicted molar refractivity (Wildman–Crippen MR) is 107 cm³/mol. The largest absolute Gasteiger partial charge is 0.382 e. The van der Waals surface area contributed by atoms with Gasteiger partial charge in [-0.25, -0.2) is 9.97 Å². The van der Waals surface area contributed by atoms with Gasteiger partial charge in [-0.15, -0.1) is 0 Å². The molecule has 138 valence electrons. The minimum absolute atomic E-state index is 0.0192. The summed E-state index contributed by atoms with van der Waals surface area (Å²) in [7, 11) is 1.98. The van der Waals surface area contributed by atoms with Crippen LogP contribution in [0.25, 0.3) is 0 Å². The molecule has 0 amide bonds. The zero-order valence-electron chi connectivity index (χ0n) is 15.7. The molecule has 6 nitrogen and oxygen atoms in total. The van der Waals surface area contributed by atoms with Crippen LogP contribution in [0.2, 0.25) is 0 Å². The second-order valence-electron chi connectivity index (χ2n) is 6.96. The molecule has 2 N–H and O–H groups in total. The van der Waals surface area contributed by atoms with Gasteiger partial charge in [-0.1, -0.05) is 43.8 Å². The zero-order valence-corrected chi connectivity index (χ0v) is 16.5. The van der Waals surface area contributed by atoms with Crippen molar-refractivity contribution >= 4 is 29.1 Å². The Labute approximate surface area is 163 Å². The maximum Gasteiger partial charge on any atom is 0.190 e. The van der Waals surface area contributed by atoms with E-state index < -0.39 is 0 Å². The van der Waals surface area contributed by atoms with Crippen molar-refractivity contribution in [1.82, 2.24) is 9.97 Å². The fourth-order valence-electron chi connectivity index (χ4n) is 3.25. The summed E-state index contributed by atoms with van der Waals surface area (Å²) in [6.45, 7) is 6.06. The molecule has 1 atom stereocenters. The highest BCUT2D eigenvalue weighted by Gasteiger charge is 2.38. The van der Waals surface area contributed by atoms with E-state index in [0.717, 1.165) is 11.4 Å². The average Bonchev–Trinajstić information content (AvgIpc) is 2.83. The molecular formula is C20H21N5OS. The van der Waals surface area contributed by atoms with E-state index in [1.54, 1.807) is 6.08 Å². The number of fused-ring (bicyclic) bond motifs is 1. The molecule has 1 aliphatic heterocycles. The number of hydrogen-bond donors (Lipinski definition) is 1. The first-order chi connectivity index (χ1) is 12.8. The van der Waals surface area contributed by atoms with E-state index in [2.05, 4.69) is 40.8 Å². The monoisotopic (exact) mass is 379 g/mol. The SMILES string of the molecule is CC(Sc1ncc(C#N)c(N)n1)C(=O)/C=C1/N(C)c2ccccc2C1(C)C. The van der Waals surface area contributed by atoms with Gasteiger partial charge in [0.2, 0.25) is 0 Å². The first-order valence-corrected chi connectivity index (χ1v) is 9.42. The highest BCUT2D eigenvalue weighted by Crippen LogP contribution is 2.46. The average molecular weight is 379 g/mol. The van der Waals surface area contributed by atoms with Crippen LogP contribution in [0, 0.1) is 11.3 Å². The van der Waals surface area contributed by atoms with E-state index in [1.807, 2.05) is 32.2 Å². The minimum Gasteiger partial charge on any atom is -0.382 e. The lowest BCUT2D eigenvalue weighted by atomic mass is 9.83. The fraction of sp³-hybridized carbons (Fsp3) is 0.300. The number of aromatic nitrogens is 2. The van der Waals surface area contributed by atoms with E-state index in [-0.39, 0.29) is 27.8 Å². The van der Waals surface area contributed by atoms with Crippen LogP contribution < -0.4 is 10.6 Å². The highest BCUT2D eigenvalue weighted by atomic mass is 32.2. The van der Waals surface area contributed by atoms with E-state index in [1.165, 1.54) is 23.5 Å². The van der Waals surface area contributed by atoms with Crippen molar-refractivity contribution in [3.05, 3.63) is 53.4 Å². The molecule has 0 bridgehead atoms. The van der Waals surface area contributed by atoms with E-state index in [4.69, 9.17) is 11.0 Å². The summed E-state index contributed by atoms with van der Waals surface area (Å²) >= 11 is 1.23. The third-order valence-corrected chi connectivity index (χ3v) is 5.81. The number of carbonyl (C=O) groups is 1. The van der Waals surface area contributed by atoms with Crippen LogP contribution in [0.5, 0.6) is 0 Å². The number of benzene rings is 1. The van der Waals surface area contributed by atoms with Crippen molar-refractivity contribution in [3.8, 4) is 6.07 Å². The lowest BCUT2D eigenvalue weighted by molar-refractivity contribution is -0.114. The number of para-hydroxylation sites is 1.